The fourth-order valence-electron chi connectivity index (χ4n) is 2.09. The summed E-state index contributed by atoms with van der Waals surface area (Å²) in [7, 11) is 1.59. The molecule has 2 rings (SSSR count). The molecular formula is C19H19N3O2. The van der Waals surface area contributed by atoms with Crippen LogP contribution in [0.3, 0.4) is 0 Å². The lowest BCUT2D eigenvalue weighted by Crippen LogP contribution is -2.28. The molecule has 5 nitrogen and oxygen atoms in total. The van der Waals surface area contributed by atoms with E-state index in [4.69, 9.17) is 4.74 Å². The van der Waals surface area contributed by atoms with Crippen LogP contribution in [0.4, 0.5) is 5.69 Å². The average molecular weight is 321 g/mol. The molecule has 1 atom stereocenters. The van der Waals surface area contributed by atoms with Crippen LogP contribution in [0.5, 0.6) is 5.75 Å². The van der Waals surface area contributed by atoms with Gasteiger partial charge in [-0.25, -0.2) is 0 Å². The molecule has 0 saturated carbocycles. The number of hydrogen-bond acceptors (Lipinski definition) is 4. The lowest BCUT2D eigenvalue weighted by atomic mass is 10.1. The highest BCUT2D eigenvalue weighted by atomic mass is 16.5. The molecule has 0 fully saturated rings. The molecule has 5 heteroatoms. The maximum atomic E-state index is 12.2. The van der Waals surface area contributed by atoms with Gasteiger partial charge in [0.15, 0.2) is 0 Å². The first kappa shape index (κ1) is 17.1. The zero-order valence-electron chi connectivity index (χ0n) is 13.6. The van der Waals surface area contributed by atoms with Gasteiger partial charge in [0.2, 0.25) is 0 Å². The van der Waals surface area contributed by atoms with E-state index < -0.39 is 5.91 Å². The third-order valence-electron chi connectivity index (χ3n) is 3.49. The van der Waals surface area contributed by atoms with Gasteiger partial charge in [0, 0.05) is 11.9 Å². The first-order valence-corrected chi connectivity index (χ1v) is 7.50. The van der Waals surface area contributed by atoms with Gasteiger partial charge in [-0.05, 0) is 36.8 Å². The first-order valence-electron chi connectivity index (χ1n) is 7.50. The second kappa shape index (κ2) is 8.39. The van der Waals surface area contributed by atoms with E-state index in [0.29, 0.717) is 0 Å². The van der Waals surface area contributed by atoms with E-state index in [1.807, 2.05) is 43.3 Å². The van der Waals surface area contributed by atoms with Crippen molar-refractivity contribution in [2.45, 2.75) is 13.0 Å². The predicted octanol–water partition coefficient (Wildman–Crippen LogP) is 3.39. The van der Waals surface area contributed by atoms with E-state index in [9.17, 15) is 10.1 Å². The molecule has 1 unspecified atom stereocenters. The molecule has 0 radical (unpaired) electrons. The number of ether oxygens (including phenoxy) is 1. The number of anilines is 1. The van der Waals surface area contributed by atoms with Crippen LogP contribution in [-0.4, -0.2) is 13.0 Å². The maximum Gasteiger partial charge on any atom is 0.263 e. The zero-order valence-corrected chi connectivity index (χ0v) is 13.6. The van der Waals surface area contributed by atoms with Gasteiger partial charge in [-0.1, -0.05) is 30.3 Å². The SMILES string of the molecule is COc1ccc(N/C=C(/C#N)C(=O)NC(C)c2ccccc2)cc1. The van der Waals surface area contributed by atoms with Crippen molar-refractivity contribution in [1.82, 2.24) is 5.32 Å². The summed E-state index contributed by atoms with van der Waals surface area (Å²) in [5.41, 5.74) is 1.74. The van der Waals surface area contributed by atoms with Gasteiger partial charge in [0.1, 0.15) is 17.4 Å². The quantitative estimate of drug-likeness (QED) is 0.632. The Morgan fingerprint density at radius 1 is 1.17 bits per heavy atom. The summed E-state index contributed by atoms with van der Waals surface area (Å²) >= 11 is 0. The van der Waals surface area contributed by atoms with Crippen LogP contribution >= 0.6 is 0 Å². The second-order valence-electron chi connectivity index (χ2n) is 5.15. The minimum Gasteiger partial charge on any atom is -0.497 e. The fraction of sp³-hybridized carbons (Fsp3) is 0.158. The summed E-state index contributed by atoms with van der Waals surface area (Å²) in [6.45, 7) is 1.87. The zero-order chi connectivity index (χ0) is 17.4. The number of carbonyl (C=O) groups is 1. The Kier molecular flexibility index (Phi) is 5.98. The lowest BCUT2D eigenvalue weighted by Gasteiger charge is -2.13. The number of nitriles is 1. The van der Waals surface area contributed by atoms with E-state index in [2.05, 4.69) is 10.6 Å². The molecule has 0 heterocycles. The molecule has 0 aliphatic heterocycles. The summed E-state index contributed by atoms with van der Waals surface area (Å²) < 4.78 is 5.08. The Hall–Kier alpha value is -3.26. The summed E-state index contributed by atoms with van der Waals surface area (Å²) in [6.07, 6.45) is 1.40. The Balaban J connectivity index is 2.01. The number of amides is 1. The summed E-state index contributed by atoms with van der Waals surface area (Å²) in [6, 6.07) is 18.5. The van der Waals surface area contributed by atoms with Gasteiger partial charge < -0.3 is 15.4 Å². The molecule has 122 valence electrons. The molecule has 2 aromatic carbocycles. The highest BCUT2D eigenvalue weighted by Crippen LogP contribution is 2.16. The van der Waals surface area contributed by atoms with Crippen molar-refractivity contribution >= 4 is 11.6 Å². The van der Waals surface area contributed by atoms with Crippen molar-refractivity contribution in [3.05, 3.63) is 71.9 Å². The van der Waals surface area contributed by atoms with Crippen LogP contribution in [0.2, 0.25) is 0 Å². The van der Waals surface area contributed by atoms with E-state index in [-0.39, 0.29) is 11.6 Å². The van der Waals surface area contributed by atoms with E-state index in [0.717, 1.165) is 17.0 Å². The molecule has 1 amide bonds. The largest absolute Gasteiger partial charge is 0.497 e. The number of methoxy groups -OCH3 is 1. The highest BCUT2D eigenvalue weighted by Gasteiger charge is 2.13. The topological polar surface area (TPSA) is 74.1 Å². The minimum absolute atomic E-state index is 0.00796. The highest BCUT2D eigenvalue weighted by molar-refractivity contribution is 5.97. The molecule has 0 saturated heterocycles. The fourth-order valence-corrected chi connectivity index (χ4v) is 2.09. The van der Waals surface area contributed by atoms with E-state index in [1.54, 1.807) is 31.4 Å². The van der Waals surface area contributed by atoms with Gasteiger partial charge in [0.25, 0.3) is 5.91 Å². The monoisotopic (exact) mass is 321 g/mol. The Morgan fingerprint density at radius 2 is 1.83 bits per heavy atom. The standard InChI is InChI=1S/C19H19N3O2/c1-14(15-6-4-3-5-7-15)22-19(23)16(12-20)13-21-17-8-10-18(24-2)11-9-17/h3-11,13-14,21H,1-2H3,(H,22,23)/b16-13-. The van der Waals surface area contributed by atoms with E-state index >= 15 is 0 Å². The summed E-state index contributed by atoms with van der Waals surface area (Å²) in [5.74, 6) is 0.314. The van der Waals surface area contributed by atoms with Gasteiger partial charge in [-0.2, -0.15) is 5.26 Å². The molecule has 0 spiro atoms. The molecule has 0 aliphatic carbocycles. The van der Waals surface area contributed by atoms with Crippen molar-refractivity contribution in [3.8, 4) is 11.8 Å². The third-order valence-corrected chi connectivity index (χ3v) is 3.49. The summed E-state index contributed by atoms with van der Waals surface area (Å²) in [4.78, 5) is 12.2. The molecule has 2 aromatic rings. The first-order chi connectivity index (χ1) is 11.6. The van der Waals surface area contributed by atoms with Crippen molar-refractivity contribution in [2.24, 2.45) is 0 Å². The number of carbonyl (C=O) groups excluding carboxylic acids is 1. The molecule has 0 aliphatic rings. The van der Waals surface area contributed by atoms with Crippen molar-refractivity contribution < 1.29 is 9.53 Å². The van der Waals surface area contributed by atoms with Crippen LogP contribution in [-0.2, 0) is 4.79 Å². The van der Waals surface area contributed by atoms with Gasteiger partial charge in [-0.15, -0.1) is 0 Å². The molecule has 2 N–H and O–H groups in total. The van der Waals surface area contributed by atoms with Gasteiger partial charge >= 0.3 is 0 Å². The van der Waals surface area contributed by atoms with Crippen LogP contribution in [0, 0.1) is 11.3 Å². The smallest absolute Gasteiger partial charge is 0.263 e. The molecule has 0 aromatic heterocycles. The van der Waals surface area contributed by atoms with Crippen LogP contribution in [0.25, 0.3) is 0 Å². The molecular weight excluding hydrogens is 302 g/mol. The second-order valence-corrected chi connectivity index (χ2v) is 5.15. The van der Waals surface area contributed by atoms with Crippen molar-refractivity contribution in [3.63, 3.8) is 0 Å². The van der Waals surface area contributed by atoms with Crippen molar-refractivity contribution in [1.29, 1.82) is 5.26 Å². The minimum atomic E-state index is -0.421. The Labute approximate surface area is 141 Å². The van der Waals surface area contributed by atoms with Crippen LogP contribution in [0.15, 0.2) is 66.4 Å². The Morgan fingerprint density at radius 3 is 2.42 bits per heavy atom. The van der Waals surface area contributed by atoms with Crippen LogP contribution in [0.1, 0.15) is 18.5 Å². The number of rotatable bonds is 6. The number of benzene rings is 2. The number of hydrogen-bond donors (Lipinski definition) is 2. The van der Waals surface area contributed by atoms with Crippen molar-refractivity contribution in [2.75, 3.05) is 12.4 Å². The predicted molar refractivity (Wildman–Crippen MR) is 93.3 cm³/mol. The lowest BCUT2D eigenvalue weighted by molar-refractivity contribution is -0.117. The maximum absolute atomic E-state index is 12.2. The number of nitrogens with one attached hydrogen (secondary N) is 2. The van der Waals surface area contributed by atoms with E-state index in [1.165, 1.54) is 6.20 Å². The van der Waals surface area contributed by atoms with Crippen LogP contribution < -0.4 is 15.4 Å². The third kappa shape index (κ3) is 4.62. The Bertz CT molecular complexity index is 746. The normalized spacial score (nSPS) is 12.0. The molecule has 0 bridgehead atoms. The van der Waals surface area contributed by atoms with Gasteiger partial charge in [-0.3, -0.25) is 4.79 Å². The molecule has 24 heavy (non-hydrogen) atoms. The summed E-state index contributed by atoms with van der Waals surface area (Å²) in [5, 5.41) is 15.0. The van der Waals surface area contributed by atoms with Gasteiger partial charge in [0.05, 0.1) is 13.2 Å². The average Bonchev–Trinajstić information content (AvgIpc) is 2.63. The number of nitrogens with zero attached hydrogens (tertiary/aromatic N) is 1.